The molecule has 3 aromatic carbocycles. The van der Waals surface area contributed by atoms with Gasteiger partial charge in [-0.3, -0.25) is 9.59 Å². The van der Waals surface area contributed by atoms with Gasteiger partial charge in [-0.05, 0) is 74.2 Å². The summed E-state index contributed by atoms with van der Waals surface area (Å²) in [6, 6.07) is 21.0. The van der Waals surface area contributed by atoms with E-state index < -0.39 is 5.60 Å². The van der Waals surface area contributed by atoms with Crippen LogP contribution in [0.2, 0.25) is 5.02 Å². The number of amides is 1. The van der Waals surface area contributed by atoms with E-state index in [4.69, 9.17) is 16.3 Å². The number of carbonyl (C=O) groups is 2. The van der Waals surface area contributed by atoms with Gasteiger partial charge in [-0.2, -0.15) is 0 Å². The molecule has 0 saturated carbocycles. The monoisotopic (exact) mass is 447 g/mol. The molecule has 4 rings (SSSR count). The third-order valence-corrected chi connectivity index (χ3v) is 5.81. The Labute approximate surface area is 193 Å². The molecule has 0 aliphatic carbocycles. The second-order valence-corrected chi connectivity index (χ2v) is 9.52. The first-order chi connectivity index (χ1) is 15.1. The number of nitrogens with zero attached hydrogens (tertiary/aromatic N) is 1. The molecule has 0 fully saturated rings. The fourth-order valence-corrected chi connectivity index (χ4v) is 4.04. The summed E-state index contributed by atoms with van der Waals surface area (Å²) in [6.07, 6.45) is 0. The third kappa shape index (κ3) is 4.42. The minimum absolute atomic E-state index is 0.0292. The van der Waals surface area contributed by atoms with Gasteiger partial charge in [-0.15, -0.1) is 0 Å². The van der Waals surface area contributed by atoms with Crippen molar-refractivity contribution in [3.05, 3.63) is 88.4 Å². The van der Waals surface area contributed by atoms with E-state index in [1.54, 1.807) is 4.90 Å². The molecule has 0 saturated heterocycles. The number of halogens is 1. The summed E-state index contributed by atoms with van der Waals surface area (Å²) in [6.45, 7) is 7.91. The largest absolute Gasteiger partial charge is 0.460 e. The molecule has 0 radical (unpaired) electrons. The molecular formula is C27H26ClNO3. The van der Waals surface area contributed by atoms with Gasteiger partial charge in [0.25, 0.3) is 5.91 Å². The lowest BCUT2D eigenvalue weighted by Gasteiger charge is -2.23. The van der Waals surface area contributed by atoms with Crippen molar-refractivity contribution in [3.8, 4) is 11.1 Å². The van der Waals surface area contributed by atoms with E-state index in [1.165, 1.54) is 0 Å². The summed E-state index contributed by atoms with van der Waals surface area (Å²) in [7, 11) is 0. The van der Waals surface area contributed by atoms with Crippen molar-refractivity contribution in [1.82, 2.24) is 0 Å². The van der Waals surface area contributed by atoms with Crippen LogP contribution in [-0.2, 0) is 16.1 Å². The summed E-state index contributed by atoms with van der Waals surface area (Å²) in [4.78, 5) is 27.5. The van der Waals surface area contributed by atoms with Crippen LogP contribution in [0.5, 0.6) is 0 Å². The summed E-state index contributed by atoms with van der Waals surface area (Å²) in [5.41, 5.74) is 4.71. The smallest absolute Gasteiger partial charge is 0.313 e. The second-order valence-electron chi connectivity index (χ2n) is 9.08. The summed E-state index contributed by atoms with van der Waals surface area (Å²) < 4.78 is 5.49. The standard InChI is InChI=1S/C27H26ClNO3/c1-17(26(31)32-27(2,3)4)18-10-14-22(15-11-18)29-16-20-6-5-7-23(24(20)25(29)30)19-8-12-21(28)13-9-19/h5-15,17H,16H2,1-4H3. The fraction of sp³-hybridized carbons (Fsp3) is 0.259. The molecular weight excluding hydrogens is 422 g/mol. The average molecular weight is 448 g/mol. The van der Waals surface area contributed by atoms with Crippen LogP contribution in [0.3, 0.4) is 0 Å². The maximum atomic E-state index is 13.4. The maximum absolute atomic E-state index is 13.4. The van der Waals surface area contributed by atoms with E-state index >= 15 is 0 Å². The van der Waals surface area contributed by atoms with Gasteiger partial charge < -0.3 is 9.64 Å². The number of carbonyl (C=O) groups excluding carboxylic acids is 2. The molecule has 5 heteroatoms. The zero-order valence-electron chi connectivity index (χ0n) is 18.7. The van der Waals surface area contributed by atoms with Crippen LogP contribution in [0, 0.1) is 0 Å². The Balaban J connectivity index is 1.58. The number of benzene rings is 3. The number of hydrogen-bond donors (Lipinski definition) is 0. The van der Waals surface area contributed by atoms with Crippen LogP contribution in [0.25, 0.3) is 11.1 Å². The van der Waals surface area contributed by atoms with Crippen LogP contribution >= 0.6 is 11.6 Å². The highest BCUT2D eigenvalue weighted by atomic mass is 35.5. The molecule has 1 amide bonds. The highest BCUT2D eigenvalue weighted by Gasteiger charge is 2.31. The lowest BCUT2D eigenvalue weighted by atomic mass is 9.97. The number of fused-ring (bicyclic) bond motifs is 1. The number of anilines is 1. The van der Waals surface area contributed by atoms with Gasteiger partial charge >= 0.3 is 5.97 Å². The van der Waals surface area contributed by atoms with Gasteiger partial charge in [0, 0.05) is 10.7 Å². The van der Waals surface area contributed by atoms with Gasteiger partial charge in [0.05, 0.1) is 18.0 Å². The molecule has 4 nitrogen and oxygen atoms in total. The van der Waals surface area contributed by atoms with Crippen LogP contribution in [0.15, 0.2) is 66.7 Å². The average Bonchev–Trinajstić information content (AvgIpc) is 3.09. The molecule has 1 aliphatic heterocycles. The number of esters is 1. The van der Waals surface area contributed by atoms with Crippen molar-refractivity contribution < 1.29 is 14.3 Å². The highest BCUT2D eigenvalue weighted by Crippen LogP contribution is 2.36. The summed E-state index contributed by atoms with van der Waals surface area (Å²) in [5.74, 6) is -0.674. The SMILES string of the molecule is CC(C(=O)OC(C)(C)C)c1ccc(N2Cc3cccc(-c4ccc(Cl)cc4)c3C2=O)cc1. The zero-order valence-corrected chi connectivity index (χ0v) is 19.4. The number of ether oxygens (including phenoxy) is 1. The molecule has 1 aliphatic rings. The van der Waals surface area contributed by atoms with Crippen LogP contribution in [0.1, 0.15) is 55.1 Å². The minimum Gasteiger partial charge on any atom is -0.460 e. The van der Waals surface area contributed by atoms with Crippen molar-refractivity contribution in [3.63, 3.8) is 0 Å². The van der Waals surface area contributed by atoms with Crippen molar-refractivity contribution in [1.29, 1.82) is 0 Å². The first kappa shape index (κ1) is 22.1. The quantitative estimate of drug-likeness (QED) is 0.422. The Hall–Kier alpha value is -3.11. The normalized spacial score (nSPS) is 14.3. The fourth-order valence-electron chi connectivity index (χ4n) is 3.91. The van der Waals surface area contributed by atoms with E-state index in [0.29, 0.717) is 11.6 Å². The van der Waals surface area contributed by atoms with Crippen LogP contribution in [0.4, 0.5) is 5.69 Å². The molecule has 1 heterocycles. The lowest BCUT2D eigenvalue weighted by molar-refractivity contribution is -0.156. The maximum Gasteiger partial charge on any atom is 0.313 e. The van der Waals surface area contributed by atoms with E-state index in [2.05, 4.69) is 0 Å². The molecule has 0 spiro atoms. The number of hydrogen-bond acceptors (Lipinski definition) is 3. The van der Waals surface area contributed by atoms with E-state index in [1.807, 2.05) is 94.4 Å². The molecule has 0 bridgehead atoms. The number of rotatable bonds is 4. The molecule has 32 heavy (non-hydrogen) atoms. The topological polar surface area (TPSA) is 46.6 Å². The Morgan fingerprint density at radius 1 is 1.00 bits per heavy atom. The van der Waals surface area contributed by atoms with Crippen molar-refractivity contribution in [2.45, 2.75) is 45.8 Å². The molecule has 0 aromatic heterocycles. The van der Waals surface area contributed by atoms with Crippen LogP contribution < -0.4 is 4.90 Å². The molecule has 0 N–H and O–H groups in total. The molecule has 1 atom stereocenters. The van der Waals surface area contributed by atoms with Gasteiger partial charge in [-0.25, -0.2) is 0 Å². The lowest BCUT2D eigenvalue weighted by Crippen LogP contribution is -2.27. The van der Waals surface area contributed by atoms with Gasteiger partial charge in [0.2, 0.25) is 0 Å². The second kappa shape index (κ2) is 8.44. The minimum atomic E-state index is -0.527. The van der Waals surface area contributed by atoms with Gasteiger partial charge in [0.1, 0.15) is 5.60 Å². The first-order valence-corrected chi connectivity index (χ1v) is 11.0. The summed E-state index contributed by atoms with van der Waals surface area (Å²) >= 11 is 6.03. The molecule has 1 unspecified atom stereocenters. The van der Waals surface area contributed by atoms with E-state index in [-0.39, 0.29) is 17.8 Å². The zero-order chi connectivity index (χ0) is 23.0. The Morgan fingerprint density at radius 3 is 2.28 bits per heavy atom. The summed E-state index contributed by atoms with van der Waals surface area (Å²) in [5, 5.41) is 0.662. The van der Waals surface area contributed by atoms with Gasteiger partial charge in [-0.1, -0.05) is 54.1 Å². The van der Waals surface area contributed by atoms with Crippen molar-refractivity contribution in [2.24, 2.45) is 0 Å². The third-order valence-electron chi connectivity index (χ3n) is 5.56. The predicted molar refractivity (Wildman–Crippen MR) is 128 cm³/mol. The molecule has 164 valence electrons. The molecule has 3 aromatic rings. The van der Waals surface area contributed by atoms with E-state index in [9.17, 15) is 9.59 Å². The Kier molecular flexibility index (Phi) is 5.83. The van der Waals surface area contributed by atoms with Gasteiger partial charge in [0.15, 0.2) is 0 Å². The van der Waals surface area contributed by atoms with Crippen molar-refractivity contribution in [2.75, 3.05) is 4.90 Å². The highest BCUT2D eigenvalue weighted by molar-refractivity contribution is 6.30. The Bertz CT molecular complexity index is 1160. The van der Waals surface area contributed by atoms with Crippen molar-refractivity contribution >= 4 is 29.2 Å². The van der Waals surface area contributed by atoms with E-state index in [0.717, 1.165) is 33.5 Å². The van der Waals surface area contributed by atoms with Crippen LogP contribution in [-0.4, -0.2) is 17.5 Å². The first-order valence-electron chi connectivity index (χ1n) is 10.7. The predicted octanol–water partition coefficient (Wildman–Crippen LogP) is 6.61. The Morgan fingerprint density at radius 2 is 1.66 bits per heavy atom.